The lowest BCUT2D eigenvalue weighted by Crippen LogP contribution is -2.05. The average Bonchev–Trinajstić information content (AvgIpc) is 2.33. The lowest BCUT2D eigenvalue weighted by atomic mass is 10.2. The van der Waals surface area contributed by atoms with E-state index in [1.807, 2.05) is 13.8 Å². The summed E-state index contributed by atoms with van der Waals surface area (Å²) in [5.74, 6) is 0.976. The molecule has 1 aromatic heterocycles. The minimum atomic E-state index is -0.395. The standard InChI is InChI=1S/C13H14ClFN4/c1-3-16-12-8(2)13(18-7-17-12)19-11-5-9(14)4-10(15)6-11/h4-7H,3H2,1-2H3,(H2,16,17,18,19). The number of aromatic nitrogens is 2. The summed E-state index contributed by atoms with van der Waals surface area (Å²) in [6.45, 7) is 4.64. The molecule has 6 heteroatoms. The third kappa shape index (κ3) is 3.32. The van der Waals surface area contributed by atoms with E-state index < -0.39 is 5.82 Å². The van der Waals surface area contributed by atoms with Gasteiger partial charge in [0.2, 0.25) is 0 Å². The van der Waals surface area contributed by atoms with Gasteiger partial charge in [0.1, 0.15) is 23.8 Å². The number of hydrogen-bond acceptors (Lipinski definition) is 4. The van der Waals surface area contributed by atoms with Crippen molar-refractivity contribution in [2.75, 3.05) is 17.2 Å². The molecule has 0 bridgehead atoms. The minimum absolute atomic E-state index is 0.334. The summed E-state index contributed by atoms with van der Waals surface area (Å²) in [4.78, 5) is 8.29. The maximum absolute atomic E-state index is 13.3. The lowest BCUT2D eigenvalue weighted by molar-refractivity contribution is 0.628. The molecule has 0 aliphatic rings. The Kier molecular flexibility index (Phi) is 4.16. The molecule has 1 heterocycles. The molecule has 0 spiro atoms. The fraction of sp³-hybridized carbons (Fsp3) is 0.231. The molecule has 0 aliphatic heterocycles. The SMILES string of the molecule is CCNc1ncnc(Nc2cc(F)cc(Cl)c2)c1C. The predicted molar refractivity (Wildman–Crippen MR) is 75.6 cm³/mol. The maximum Gasteiger partial charge on any atom is 0.138 e. The molecule has 4 nitrogen and oxygen atoms in total. The van der Waals surface area contributed by atoms with E-state index in [-0.39, 0.29) is 0 Å². The van der Waals surface area contributed by atoms with Crippen molar-refractivity contribution in [2.45, 2.75) is 13.8 Å². The Morgan fingerprint density at radius 2 is 1.95 bits per heavy atom. The van der Waals surface area contributed by atoms with E-state index in [0.717, 1.165) is 17.9 Å². The highest BCUT2D eigenvalue weighted by atomic mass is 35.5. The van der Waals surface area contributed by atoms with Crippen molar-refractivity contribution in [3.8, 4) is 0 Å². The van der Waals surface area contributed by atoms with Crippen molar-refractivity contribution < 1.29 is 4.39 Å². The van der Waals surface area contributed by atoms with Gasteiger partial charge in [0.25, 0.3) is 0 Å². The summed E-state index contributed by atoms with van der Waals surface area (Å²) in [5.41, 5.74) is 1.42. The number of rotatable bonds is 4. The second kappa shape index (κ2) is 5.84. The first-order chi connectivity index (χ1) is 9.10. The number of anilines is 3. The first-order valence-electron chi connectivity index (χ1n) is 5.88. The zero-order chi connectivity index (χ0) is 13.8. The van der Waals surface area contributed by atoms with E-state index in [4.69, 9.17) is 11.6 Å². The highest BCUT2D eigenvalue weighted by molar-refractivity contribution is 6.30. The largest absolute Gasteiger partial charge is 0.370 e. The van der Waals surface area contributed by atoms with Gasteiger partial charge in [0.15, 0.2) is 0 Å². The monoisotopic (exact) mass is 280 g/mol. The van der Waals surface area contributed by atoms with Crippen LogP contribution in [-0.2, 0) is 0 Å². The summed E-state index contributed by atoms with van der Waals surface area (Å²) in [5, 5.41) is 6.50. The third-order valence-corrected chi connectivity index (χ3v) is 2.77. The molecule has 0 unspecified atom stereocenters. The van der Waals surface area contributed by atoms with Crippen molar-refractivity contribution in [3.05, 3.63) is 40.9 Å². The first-order valence-corrected chi connectivity index (χ1v) is 6.26. The molecular formula is C13H14ClFN4. The van der Waals surface area contributed by atoms with Crippen LogP contribution < -0.4 is 10.6 Å². The van der Waals surface area contributed by atoms with Crippen LogP contribution in [0.1, 0.15) is 12.5 Å². The molecule has 1 aromatic carbocycles. The van der Waals surface area contributed by atoms with Gasteiger partial charge in [-0.2, -0.15) is 0 Å². The normalized spacial score (nSPS) is 10.3. The summed E-state index contributed by atoms with van der Waals surface area (Å²) in [6.07, 6.45) is 1.45. The maximum atomic E-state index is 13.3. The third-order valence-electron chi connectivity index (χ3n) is 2.55. The van der Waals surface area contributed by atoms with Crippen LogP contribution in [0.25, 0.3) is 0 Å². The fourth-order valence-electron chi connectivity index (χ4n) is 1.68. The number of halogens is 2. The molecule has 2 aromatic rings. The van der Waals surface area contributed by atoms with Crippen molar-refractivity contribution in [3.63, 3.8) is 0 Å². The van der Waals surface area contributed by atoms with E-state index in [0.29, 0.717) is 16.5 Å². The molecule has 0 radical (unpaired) electrons. The molecule has 19 heavy (non-hydrogen) atoms. The van der Waals surface area contributed by atoms with Gasteiger partial charge in [0, 0.05) is 22.8 Å². The zero-order valence-electron chi connectivity index (χ0n) is 10.7. The Morgan fingerprint density at radius 1 is 1.21 bits per heavy atom. The predicted octanol–water partition coefficient (Wildman–Crippen LogP) is 3.75. The molecule has 0 saturated carbocycles. The fourth-order valence-corrected chi connectivity index (χ4v) is 1.91. The van der Waals surface area contributed by atoms with E-state index in [1.165, 1.54) is 18.5 Å². The van der Waals surface area contributed by atoms with Gasteiger partial charge in [-0.05, 0) is 32.0 Å². The number of nitrogens with one attached hydrogen (secondary N) is 2. The van der Waals surface area contributed by atoms with Gasteiger partial charge in [-0.15, -0.1) is 0 Å². The quantitative estimate of drug-likeness (QED) is 0.895. The van der Waals surface area contributed by atoms with Crippen LogP contribution in [-0.4, -0.2) is 16.5 Å². The van der Waals surface area contributed by atoms with Crippen LogP contribution >= 0.6 is 11.6 Å². The van der Waals surface area contributed by atoms with Crippen molar-refractivity contribution in [1.82, 2.24) is 9.97 Å². The average molecular weight is 281 g/mol. The highest BCUT2D eigenvalue weighted by Crippen LogP contribution is 2.24. The summed E-state index contributed by atoms with van der Waals surface area (Å²) in [6, 6.07) is 4.25. The van der Waals surface area contributed by atoms with Crippen LogP contribution in [0.3, 0.4) is 0 Å². The van der Waals surface area contributed by atoms with Gasteiger partial charge < -0.3 is 10.6 Å². The van der Waals surface area contributed by atoms with Crippen LogP contribution in [0.5, 0.6) is 0 Å². The Labute approximate surface area is 116 Å². The van der Waals surface area contributed by atoms with E-state index in [9.17, 15) is 4.39 Å². The van der Waals surface area contributed by atoms with Crippen LogP contribution in [0, 0.1) is 12.7 Å². The Bertz CT molecular complexity index is 569. The Balaban J connectivity index is 2.30. The molecule has 0 amide bonds. The smallest absolute Gasteiger partial charge is 0.138 e. The molecule has 100 valence electrons. The van der Waals surface area contributed by atoms with Crippen molar-refractivity contribution >= 4 is 28.9 Å². The summed E-state index contributed by atoms with van der Waals surface area (Å²) >= 11 is 5.81. The molecule has 0 aliphatic carbocycles. The van der Waals surface area contributed by atoms with Crippen LogP contribution in [0.2, 0.25) is 5.02 Å². The van der Waals surface area contributed by atoms with Gasteiger partial charge >= 0.3 is 0 Å². The minimum Gasteiger partial charge on any atom is -0.370 e. The molecule has 2 rings (SSSR count). The second-order valence-corrected chi connectivity index (χ2v) is 4.45. The van der Waals surface area contributed by atoms with Crippen LogP contribution in [0.15, 0.2) is 24.5 Å². The Hall–Kier alpha value is -1.88. The number of nitrogens with zero attached hydrogens (tertiary/aromatic N) is 2. The molecule has 2 N–H and O–H groups in total. The zero-order valence-corrected chi connectivity index (χ0v) is 11.4. The van der Waals surface area contributed by atoms with Gasteiger partial charge in [-0.25, -0.2) is 14.4 Å². The van der Waals surface area contributed by atoms with Crippen molar-refractivity contribution in [1.29, 1.82) is 0 Å². The number of benzene rings is 1. The van der Waals surface area contributed by atoms with Crippen molar-refractivity contribution in [2.24, 2.45) is 0 Å². The summed E-state index contributed by atoms with van der Waals surface area (Å²) < 4.78 is 13.3. The van der Waals surface area contributed by atoms with Gasteiger partial charge in [0.05, 0.1) is 0 Å². The Morgan fingerprint density at radius 3 is 2.63 bits per heavy atom. The first kappa shape index (κ1) is 13.5. The topological polar surface area (TPSA) is 49.8 Å². The van der Waals surface area contributed by atoms with E-state index >= 15 is 0 Å². The van der Waals surface area contributed by atoms with E-state index in [2.05, 4.69) is 20.6 Å². The highest BCUT2D eigenvalue weighted by Gasteiger charge is 2.07. The number of hydrogen-bond donors (Lipinski definition) is 2. The van der Waals surface area contributed by atoms with Gasteiger partial charge in [-0.3, -0.25) is 0 Å². The lowest BCUT2D eigenvalue weighted by Gasteiger charge is -2.12. The van der Waals surface area contributed by atoms with E-state index in [1.54, 1.807) is 6.07 Å². The summed E-state index contributed by atoms with van der Waals surface area (Å²) in [7, 11) is 0. The molecule has 0 atom stereocenters. The molecule has 0 saturated heterocycles. The molecule has 0 fully saturated rings. The van der Waals surface area contributed by atoms with Crippen LogP contribution in [0.4, 0.5) is 21.7 Å². The molecular weight excluding hydrogens is 267 g/mol. The second-order valence-electron chi connectivity index (χ2n) is 4.01. The van der Waals surface area contributed by atoms with Gasteiger partial charge in [-0.1, -0.05) is 11.6 Å².